The molecule has 0 spiro atoms. The van der Waals surface area contributed by atoms with Gasteiger partial charge >= 0.3 is 0 Å². The molecule has 3 fully saturated rings. The number of allylic oxidation sites excluding steroid dienone is 2. The van der Waals surface area contributed by atoms with Gasteiger partial charge in [0.2, 0.25) is 0 Å². The van der Waals surface area contributed by atoms with Crippen LogP contribution in [0.25, 0.3) is 5.57 Å². The molecule has 3 aliphatic heterocycles. The van der Waals surface area contributed by atoms with Crippen LogP contribution in [0.3, 0.4) is 0 Å². The van der Waals surface area contributed by atoms with Gasteiger partial charge < -0.3 is 9.64 Å². The van der Waals surface area contributed by atoms with Crippen molar-refractivity contribution >= 4 is 26.9 Å². The van der Waals surface area contributed by atoms with Crippen molar-refractivity contribution in [2.24, 2.45) is 0 Å². The third-order valence-corrected chi connectivity index (χ3v) is 11.6. The lowest BCUT2D eigenvalue weighted by atomic mass is 9.68. The van der Waals surface area contributed by atoms with Gasteiger partial charge in [-0.2, -0.15) is 5.26 Å². The van der Waals surface area contributed by atoms with Crippen LogP contribution in [0.15, 0.2) is 35.9 Å². The molecular formula is C34H36N4O4S. The third-order valence-electron chi connectivity index (χ3n) is 9.96. The van der Waals surface area contributed by atoms with Gasteiger partial charge in [0.15, 0.2) is 15.6 Å². The van der Waals surface area contributed by atoms with Gasteiger partial charge in [-0.05, 0) is 52.9 Å². The van der Waals surface area contributed by atoms with E-state index in [2.05, 4.69) is 52.5 Å². The number of benzene rings is 2. The molecule has 0 aromatic heterocycles. The maximum Gasteiger partial charge on any atom is 0.193 e. The summed E-state index contributed by atoms with van der Waals surface area (Å²) in [5.41, 5.74) is 7.74. The summed E-state index contributed by atoms with van der Waals surface area (Å²) < 4.78 is 29.2. The maximum absolute atomic E-state index is 14.2. The Balaban J connectivity index is 1.25. The number of anilines is 1. The minimum absolute atomic E-state index is 0.0263. The monoisotopic (exact) mass is 596 g/mol. The van der Waals surface area contributed by atoms with Crippen LogP contribution in [-0.2, 0) is 26.4 Å². The molecular weight excluding hydrogens is 560 g/mol. The number of fused-ring (bicyclic) bond motifs is 3. The van der Waals surface area contributed by atoms with Crippen LogP contribution in [-0.4, -0.2) is 101 Å². The molecule has 0 saturated carbocycles. The van der Waals surface area contributed by atoms with Crippen LogP contribution in [0.5, 0.6) is 0 Å². The summed E-state index contributed by atoms with van der Waals surface area (Å²) in [5.74, 6) is 7.09. The zero-order valence-electron chi connectivity index (χ0n) is 24.8. The van der Waals surface area contributed by atoms with E-state index in [1.54, 1.807) is 6.07 Å². The number of carbonyl (C=O) groups is 1. The first-order valence-corrected chi connectivity index (χ1v) is 17.0. The fourth-order valence-electron chi connectivity index (χ4n) is 7.16. The third kappa shape index (κ3) is 4.99. The number of ketones is 1. The summed E-state index contributed by atoms with van der Waals surface area (Å²) in [5, 5.41) is 9.46. The van der Waals surface area contributed by atoms with Crippen LogP contribution in [0.4, 0.5) is 5.69 Å². The van der Waals surface area contributed by atoms with E-state index in [1.165, 1.54) is 0 Å². The fraction of sp³-hybridized carbons (Fsp3) is 0.471. The summed E-state index contributed by atoms with van der Waals surface area (Å²) in [6, 6.07) is 12.6. The number of hydrogen-bond acceptors (Lipinski definition) is 8. The van der Waals surface area contributed by atoms with Crippen molar-refractivity contribution in [1.82, 2.24) is 9.80 Å². The molecule has 43 heavy (non-hydrogen) atoms. The molecule has 3 heterocycles. The predicted octanol–water partition coefficient (Wildman–Crippen LogP) is 2.64. The minimum atomic E-state index is -2.95. The molecule has 222 valence electrons. The number of hydrogen-bond donors (Lipinski definition) is 0. The van der Waals surface area contributed by atoms with Crippen molar-refractivity contribution in [1.29, 1.82) is 5.26 Å². The quantitative estimate of drug-likeness (QED) is 0.500. The fourth-order valence-corrected chi connectivity index (χ4v) is 8.43. The smallest absolute Gasteiger partial charge is 0.193 e. The van der Waals surface area contributed by atoms with Crippen LogP contribution >= 0.6 is 0 Å². The van der Waals surface area contributed by atoms with Gasteiger partial charge in [0.25, 0.3) is 0 Å². The molecule has 0 N–H and O–H groups in total. The molecule has 0 unspecified atom stereocenters. The highest BCUT2D eigenvalue weighted by Crippen LogP contribution is 2.51. The van der Waals surface area contributed by atoms with E-state index in [1.807, 2.05) is 18.2 Å². The van der Waals surface area contributed by atoms with Crippen molar-refractivity contribution in [2.75, 3.05) is 75.4 Å². The van der Waals surface area contributed by atoms with E-state index in [-0.39, 0.29) is 22.7 Å². The van der Waals surface area contributed by atoms with Gasteiger partial charge in [-0.25, -0.2) is 8.42 Å². The average Bonchev–Trinajstić information content (AvgIpc) is 3.36. The number of nitriles is 1. The van der Waals surface area contributed by atoms with Crippen molar-refractivity contribution in [3.63, 3.8) is 0 Å². The second kappa shape index (κ2) is 10.6. The lowest BCUT2D eigenvalue weighted by Crippen LogP contribution is -2.56. The Morgan fingerprint density at radius 2 is 1.74 bits per heavy atom. The van der Waals surface area contributed by atoms with Gasteiger partial charge in [-0.3, -0.25) is 14.6 Å². The number of Topliss-reactive ketones (excluding diaryl/α,β-unsaturated/α-hetero) is 1. The lowest BCUT2D eigenvalue weighted by Gasteiger charge is -2.44. The van der Waals surface area contributed by atoms with E-state index in [0.717, 1.165) is 78.5 Å². The first-order valence-electron chi connectivity index (χ1n) is 15.1. The largest absolute Gasteiger partial charge is 0.378 e. The summed E-state index contributed by atoms with van der Waals surface area (Å²) in [7, 11) is -2.95. The number of rotatable bonds is 3. The average molecular weight is 597 g/mol. The van der Waals surface area contributed by atoms with Crippen LogP contribution < -0.4 is 4.90 Å². The molecule has 0 radical (unpaired) electrons. The van der Waals surface area contributed by atoms with E-state index in [4.69, 9.17) is 4.74 Å². The minimum Gasteiger partial charge on any atom is -0.378 e. The van der Waals surface area contributed by atoms with Gasteiger partial charge in [0, 0.05) is 61.4 Å². The maximum atomic E-state index is 14.2. The van der Waals surface area contributed by atoms with Crippen molar-refractivity contribution < 1.29 is 17.9 Å². The van der Waals surface area contributed by atoms with Crippen molar-refractivity contribution in [3.8, 4) is 17.9 Å². The molecule has 0 atom stereocenters. The molecule has 2 aliphatic carbocycles. The number of ether oxygens (including phenoxy) is 1. The second-order valence-corrected chi connectivity index (χ2v) is 15.1. The molecule has 7 rings (SSSR count). The zero-order valence-corrected chi connectivity index (χ0v) is 25.6. The highest BCUT2D eigenvalue weighted by atomic mass is 32.2. The second-order valence-electron chi connectivity index (χ2n) is 12.8. The predicted molar refractivity (Wildman–Crippen MR) is 166 cm³/mol. The van der Waals surface area contributed by atoms with Crippen LogP contribution in [0.2, 0.25) is 0 Å². The Labute approximate surface area is 253 Å². The SMILES string of the molecule is CC1(C)C2=C(C(=O)c3cc(C#CCN4CCS(=O)(=O)CC4)c(N4CCN(C5COC5)CC4)cc31)c1ccc(C#N)cc1C2. The Kier molecular flexibility index (Phi) is 6.98. The summed E-state index contributed by atoms with van der Waals surface area (Å²) >= 11 is 0. The zero-order chi connectivity index (χ0) is 29.9. The highest BCUT2D eigenvalue weighted by Gasteiger charge is 2.43. The van der Waals surface area contributed by atoms with E-state index >= 15 is 0 Å². The van der Waals surface area contributed by atoms with Gasteiger partial charge in [0.05, 0.1) is 54.6 Å². The number of piperazine rings is 1. The number of nitrogens with zero attached hydrogens (tertiary/aromatic N) is 4. The summed E-state index contributed by atoms with van der Waals surface area (Å²) in [6.45, 7) is 11.2. The van der Waals surface area contributed by atoms with E-state index in [9.17, 15) is 18.5 Å². The molecule has 8 nitrogen and oxygen atoms in total. The van der Waals surface area contributed by atoms with Crippen molar-refractivity contribution in [2.45, 2.75) is 31.7 Å². The Bertz CT molecular complexity index is 1750. The Morgan fingerprint density at radius 1 is 1.00 bits per heavy atom. The van der Waals surface area contributed by atoms with Gasteiger partial charge in [0.1, 0.15) is 0 Å². The first kappa shape index (κ1) is 28.3. The molecule has 9 heteroatoms. The molecule has 3 saturated heterocycles. The number of carbonyl (C=O) groups excluding carboxylic acids is 1. The Hall–Kier alpha value is -3.47. The van der Waals surface area contributed by atoms with Crippen LogP contribution in [0, 0.1) is 23.2 Å². The molecule has 2 aromatic carbocycles. The Morgan fingerprint density at radius 3 is 2.42 bits per heavy atom. The molecule has 0 bridgehead atoms. The lowest BCUT2D eigenvalue weighted by molar-refractivity contribution is -0.0660. The molecule has 0 amide bonds. The van der Waals surface area contributed by atoms with Crippen LogP contribution in [0.1, 0.15) is 52.0 Å². The standard InChI is InChI=1S/C34H36N4O4S/c1-34(2)29-19-31(38-10-8-37(9-11-38)26-21-42-22-26)24(4-3-7-36-12-14-43(40,41)15-13-36)17-28(29)33(39)32-27-6-5-23(20-35)16-25(27)18-30(32)34/h5-6,16-17,19,26H,7-15,18,21-22H2,1-2H3. The molecule has 5 aliphatic rings. The first-order chi connectivity index (χ1) is 20.6. The topological polar surface area (TPSA) is 94.0 Å². The highest BCUT2D eigenvalue weighted by molar-refractivity contribution is 7.91. The molecule has 2 aromatic rings. The van der Waals surface area contributed by atoms with Gasteiger partial charge in [-0.15, -0.1) is 0 Å². The van der Waals surface area contributed by atoms with Gasteiger partial charge in [-0.1, -0.05) is 31.8 Å². The number of sulfone groups is 1. The normalized spacial score (nSPS) is 23.0. The van der Waals surface area contributed by atoms with Crippen molar-refractivity contribution in [3.05, 3.63) is 69.3 Å². The summed E-state index contributed by atoms with van der Waals surface area (Å²) in [4.78, 5) is 21.2. The summed E-state index contributed by atoms with van der Waals surface area (Å²) in [6.07, 6.45) is 0.670. The van der Waals surface area contributed by atoms with E-state index in [0.29, 0.717) is 43.2 Å². The van der Waals surface area contributed by atoms with E-state index < -0.39 is 9.84 Å².